The van der Waals surface area contributed by atoms with Crippen molar-refractivity contribution >= 4 is 27.7 Å². The average Bonchev–Trinajstić information content (AvgIpc) is 3.73. The van der Waals surface area contributed by atoms with Crippen molar-refractivity contribution in [2.24, 2.45) is 5.92 Å². The van der Waals surface area contributed by atoms with Crippen LogP contribution in [0.4, 0.5) is 0 Å². The van der Waals surface area contributed by atoms with Crippen molar-refractivity contribution in [3.8, 4) is 17.1 Å². The summed E-state index contributed by atoms with van der Waals surface area (Å²) in [4.78, 5) is 15.4. The molecule has 0 radical (unpaired) electrons. The maximum absolute atomic E-state index is 13.3. The third-order valence-electron chi connectivity index (χ3n) is 8.10. The van der Waals surface area contributed by atoms with Crippen LogP contribution < -0.4 is 0 Å². The van der Waals surface area contributed by atoms with Crippen molar-refractivity contribution in [1.82, 2.24) is 24.0 Å². The molecule has 0 N–H and O–H groups in total. The Kier molecular flexibility index (Phi) is 8.73. The van der Waals surface area contributed by atoms with Gasteiger partial charge in [0.1, 0.15) is 0 Å². The van der Waals surface area contributed by atoms with Gasteiger partial charge in [0, 0.05) is 37.4 Å². The van der Waals surface area contributed by atoms with Gasteiger partial charge in [-0.15, -0.1) is 10.2 Å². The zero-order chi connectivity index (χ0) is 28.9. The van der Waals surface area contributed by atoms with E-state index in [0.717, 1.165) is 50.9 Å². The summed E-state index contributed by atoms with van der Waals surface area (Å²) in [5.41, 5.74) is 2.86. The van der Waals surface area contributed by atoms with E-state index in [4.69, 9.17) is 0 Å². The number of piperidine rings is 1. The first-order valence-corrected chi connectivity index (χ1v) is 17.0. The van der Waals surface area contributed by atoms with Gasteiger partial charge in [0.15, 0.2) is 11.0 Å². The Morgan fingerprint density at radius 3 is 2.24 bits per heavy atom. The zero-order valence-corrected chi connectivity index (χ0v) is 25.1. The molecule has 0 unspecified atom stereocenters. The topological polar surface area (TPSA) is 88.4 Å². The lowest BCUT2D eigenvalue weighted by Crippen LogP contribution is -2.39. The van der Waals surface area contributed by atoms with Crippen molar-refractivity contribution in [2.75, 3.05) is 31.9 Å². The number of para-hydroxylation sites is 1. The smallest absolute Gasteiger partial charge is 0.243 e. The summed E-state index contributed by atoms with van der Waals surface area (Å²) in [7, 11) is -3.58. The molecule has 42 heavy (non-hydrogen) atoms. The third-order valence-corrected chi connectivity index (χ3v) is 10.9. The minimum Gasteiger partial charge on any atom is -0.342 e. The van der Waals surface area contributed by atoms with Gasteiger partial charge >= 0.3 is 0 Å². The van der Waals surface area contributed by atoms with E-state index in [1.54, 1.807) is 22.5 Å². The van der Waals surface area contributed by atoms with Gasteiger partial charge < -0.3 is 4.90 Å². The maximum atomic E-state index is 13.3. The molecular weight excluding hydrogens is 567 g/mol. The van der Waals surface area contributed by atoms with Crippen molar-refractivity contribution < 1.29 is 13.2 Å². The van der Waals surface area contributed by atoms with Crippen molar-refractivity contribution in [2.45, 2.75) is 42.2 Å². The Hall–Kier alpha value is -3.47. The van der Waals surface area contributed by atoms with Crippen LogP contribution >= 0.6 is 11.8 Å². The van der Waals surface area contributed by atoms with Crippen LogP contribution in [0.5, 0.6) is 0 Å². The summed E-state index contributed by atoms with van der Waals surface area (Å²) in [5.74, 6) is 1.49. The summed E-state index contributed by atoms with van der Waals surface area (Å²) in [5, 5.41) is 9.54. The van der Waals surface area contributed by atoms with Gasteiger partial charge in [-0.1, -0.05) is 72.4 Å². The Morgan fingerprint density at radius 2 is 1.52 bits per heavy atom. The molecule has 0 saturated carbocycles. The first-order chi connectivity index (χ1) is 20.5. The molecule has 2 fully saturated rings. The molecule has 10 heteroatoms. The van der Waals surface area contributed by atoms with E-state index in [1.807, 2.05) is 51.9 Å². The number of likely N-dealkylation sites (tertiary alicyclic amines) is 1. The highest BCUT2D eigenvalue weighted by atomic mass is 32.2. The molecule has 3 aromatic carbocycles. The first-order valence-electron chi connectivity index (χ1n) is 14.5. The number of hydrogen-bond donors (Lipinski definition) is 0. The fraction of sp³-hybridized carbons (Fsp3) is 0.344. The number of rotatable bonds is 9. The molecule has 3 heterocycles. The van der Waals surface area contributed by atoms with Crippen LogP contribution in [0, 0.1) is 5.92 Å². The highest BCUT2D eigenvalue weighted by Gasteiger charge is 2.28. The normalized spacial score (nSPS) is 16.6. The number of thioether (sulfide) groups is 1. The standard InChI is InChI=1S/C32H35N5O3S2/c38-30(35-20-16-26(17-21-35)22-25-10-3-1-4-11-25)24-41-32-34-33-31(37(32)28-13-5-2-6-14-28)27-12-9-15-29(23-27)42(39,40)36-18-7-8-19-36/h1-6,9-15,23,26H,7-8,16-22,24H2. The average molecular weight is 602 g/mol. The molecule has 0 spiro atoms. The predicted molar refractivity (Wildman–Crippen MR) is 165 cm³/mol. The van der Waals surface area contributed by atoms with E-state index >= 15 is 0 Å². The molecule has 2 aliphatic rings. The lowest BCUT2D eigenvalue weighted by atomic mass is 9.90. The first kappa shape index (κ1) is 28.6. The van der Waals surface area contributed by atoms with Crippen molar-refractivity contribution in [1.29, 1.82) is 0 Å². The fourth-order valence-corrected chi connectivity index (χ4v) is 8.20. The predicted octanol–water partition coefficient (Wildman–Crippen LogP) is 5.29. The second-order valence-electron chi connectivity index (χ2n) is 10.9. The van der Waals surface area contributed by atoms with E-state index in [9.17, 15) is 13.2 Å². The lowest BCUT2D eigenvalue weighted by molar-refractivity contribution is -0.129. The molecule has 1 amide bonds. The highest BCUT2D eigenvalue weighted by Crippen LogP contribution is 2.31. The molecule has 2 saturated heterocycles. The second kappa shape index (κ2) is 12.8. The molecule has 0 atom stereocenters. The molecule has 8 nitrogen and oxygen atoms in total. The Bertz CT molecular complexity index is 1610. The Morgan fingerprint density at radius 1 is 0.833 bits per heavy atom. The zero-order valence-electron chi connectivity index (χ0n) is 23.5. The summed E-state index contributed by atoms with van der Waals surface area (Å²) >= 11 is 1.36. The fourth-order valence-electron chi connectivity index (χ4n) is 5.78. The molecule has 1 aromatic heterocycles. The van der Waals surface area contributed by atoms with Gasteiger partial charge in [-0.2, -0.15) is 4.31 Å². The Balaban J connectivity index is 1.18. The molecule has 218 valence electrons. The number of sulfonamides is 1. The van der Waals surface area contributed by atoms with Gasteiger partial charge in [-0.3, -0.25) is 9.36 Å². The van der Waals surface area contributed by atoms with Crippen LogP contribution in [-0.4, -0.2) is 70.2 Å². The molecular formula is C32H35N5O3S2. The van der Waals surface area contributed by atoms with Crippen LogP contribution in [0.15, 0.2) is 95.0 Å². The molecule has 6 rings (SSSR count). The van der Waals surface area contributed by atoms with Gasteiger partial charge in [0.05, 0.1) is 10.6 Å². The maximum Gasteiger partial charge on any atom is 0.243 e. The highest BCUT2D eigenvalue weighted by molar-refractivity contribution is 7.99. The number of amides is 1. The van der Waals surface area contributed by atoms with Crippen LogP contribution in [-0.2, 0) is 21.2 Å². The number of hydrogen-bond acceptors (Lipinski definition) is 6. The SMILES string of the molecule is O=C(CSc1nnc(-c2cccc(S(=O)(=O)N3CCCC3)c2)n1-c1ccccc1)N1CCC(Cc2ccccc2)CC1. The largest absolute Gasteiger partial charge is 0.342 e. The quantitative estimate of drug-likeness (QED) is 0.242. The molecule has 0 bridgehead atoms. The van der Waals surface area contributed by atoms with Gasteiger partial charge in [0.25, 0.3) is 0 Å². The van der Waals surface area contributed by atoms with Crippen LogP contribution in [0.25, 0.3) is 17.1 Å². The van der Waals surface area contributed by atoms with Crippen LogP contribution in [0.2, 0.25) is 0 Å². The summed E-state index contributed by atoms with van der Waals surface area (Å²) in [6.07, 6.45) is 4.83. The van der Waals surface area contributed by atoms with Gasteiger partial charge in [0.2, 0.25) is 15.9 Å². The van der Waals surface area contributed by atoms with Crippen molar-refractivity contribution in [3.63, 3.8) is 0 Å². The molecule has 0 aliphatic carbocycles. The number of nitrogens with zero attached hydrogens (tertiary/aromatic N) is 5. The summed E-state index contributed by atoms with van der Waals surface area (Å²) in [6.45, 7) is 2.64. The van der Waals surface area contributed by atoms with Crippen LogP contribution in [0.1, 0.15) is 31.2 Å². The number of carbonyl (C=O) groups is 1. The van der Waals surface area contributed by atoms with Gasteiger partial charge in [-0.05, 0) is 67.9 Å². The van der Waals surface area contributed by atoms with Crippen molar-refractivity contribution in [3.05, 3.63) is 90.5 Å². The monoisotopic (exact) mass is 601 g/mol. The number of benzene rings is 3. The van der Waals surface area contributed by atoms with Gasteiger partial charge in [-0.25, -0.2) is 8.42 Å². The summed E-state index contributed by atoms with van der Waals surface area (Å²) in [6, 6.07) is 27.2. The van der Waals surface area contributed by atoms with Crippen LogP contribution in [0.3, 0.4) is 0 Å². The minimum absolute atomic E-state index is 0.0982. The third kappa shape index (κ3) is 6.30. The lowest BCUT2D eigenvalue weighted by Gasteiger charge is -2.32. The minimum atomic E-state index is -3.58. The van der Waals surface area contributed by atoms with E-state index < -0.39 is 10.0 Å². The van der Waals surface area contributed by atoms with E-state index in [1.165, 1.54) is 17.3 Å². The number of aromatic nitrogens is 3. The van der Waals surface area contributed by atoms with E-state index in [2.05, 4.69) is 34.5 Å². The second-order valence-corrected chi connectivity index (χ2v) is 13.8. The Labute approximate surface area is 251 Å². The molecule has 2 aliphatic heterocycles. The summed E-state index contributed by atoms with van der Waals surface area (Å²) < 4.78 is 30.0. The van der Waals surface area contributed by atoms with E-state index in [-0.39, 0.29) is 16.6 Å². The number of carbonyl (C=O) groups excluding carboxylic acids is 1. The molecule has 4 aromatic rings. The van der Waals surface area contributed by atoms with E-state index in [0.29, 0.717) is 35.6 Å².